The van der Waals surface area contributed by atoms with E-state index < -0.39 is 36.1 Å². The van der Waals surface area contributed by atoms with Gasteiger partial charge >= 0.3 is 11.0 Å². The summed E-state index contributed by atoms with van der Waals surface area (Å²) in [7, 11) is 0. The number of H-pyrrole nitrogens is 1. The molecule has 0 radical (unpaired) electrons. The second-order valence-electron chi connectivity index (χ2n) is 12.4. The molecular formula is C34H25BrF3N3O5S2. The van der Waals surface area contributed by atoms with Crippen LogP contribution in [0.15, 0.2) is 87.1 Å². The minimum Gasteiger partial charge on any atom is -0.484 e. The van der Waals surface area contributed by atoms with Crippen molar-refractivity contribution in [2.24, 2.45) is 29.6 Å². The van der Waals surface area contributed by atoms with Crippen molar-refractivity contribution in [1.29, 1.82) is 0 Å². The number of carbonyl (C=O) groups is 3. The van der Waals surface area contributed by atoms with Gasteiger partial charge in [0, 0.05) is 26.2 Å². The number of alkyl halides is 3. The molecule has 4 aliphatic rings. The van der Waals surface area contributed by atoms with Gasteiger partial charge in [0.2, 0.25) is 11.8 Å². The molecule has 3 amide bonds. The van der Waals surface area contributed by atoms with Gasteiger partial charge in [-0.2, -0.15) is 13.2 Å². The Labute approximate surface area is 288 Å². The number of thioether (sulfide) groups is 1. The van der Waals surface area contributed by atoms with Gasteiger partial charge in [0.1, 0.15) is 5.75 Å². The van der Waals surface area contributed by atoms with Crippen LogP contribution in [-0.4, -0.2) is 34.6 Å². The normalized spacial score (nSPS) is 27.1. The Bertz CT molecular complexity index is 2020. The SMILES string of the molecule is O=C(COc1ccc([C@H]2c3sc(=O)[nH]c3SC3C2[C@H]2C[C@@H]3C3C(=O)N(c4ccc(Br)cc4)C(=O)C32)cc1)Nc1cccc(C(F)(F)F)c1. The van der Waals surface area contributed by atoms with E-state index in [0.717, 1.165) is 49.8 Å². The van der Waals surface area contributed by atoms with E-state index in [1.165, 1.54) is 17.0 Å². The molecule has 14 heteroatoms. The number of thiazole rings is 1. The fraction of sp³-hybridized carbons (Fsp3) is 0.294. The Kier molecular flexibility index (Phi) is 7.60. The predicted molar refractivity (Wildman–Crippen MR) is 177 cm³/mol. The van der Waals surface area contributed by atoms with Crippen molar-refractivity contribution >= 4 is 68.1 Å². The number of ether oxygens (including phenoxy) is 1. The first-order valence-corrected chi connectivity index (χ1v) is 17.7. The molecule has 2 N–H and O–H groups in total. The maximum absolute atomic E-state index is 13.9. The number of fused-ring (bicyclic) bond motifs is 9. The van der Waals surface area contributed by atoms with Gasteiger partial charge in [-0.05, 0) is 84.3 Å². The zero-order valence-electron chi connectivity index (χ0n) is 24.7. The number of hydrogen-bond acceptors (Lipinski definition) is 7. The Morgan fingerprint density at radius 1 is 0.979 bits per heavy atom. The van der Waals surface area contributed by atoms with Gasteiger partial charge in [-0.1, -0.05) is 45.5 Å². The molecule has 3 fully saturated rings. The quantitative estimate of drug-likeness (QED) is 0.207. The number of nitrogens with one attached hydrogen (secondary N) is 2. The molecule has 2 aliphatic heterocycles. The van der Waals surface area contributed by atoms with Crippen molar-refractivity contribution in [1.82, 2.24) is 4.98 Å². The highest BCUT2D eigenvalue weighted by molar-refractivity contribution is 9.10. The maximum atomic E-state index is 13.9. The minimum absolute atomic E-state index is 0.00954. The van der Waals surface area contributed by atoms with Crippen LogP contribution in [0.1, 0.15) is 28.3 Å². The number of rotatable bonds is 6. The summed E-state index contributed by atoms with van der Waals surface area (Å²) < 4.78 is 45.6. The number of carbonyl (C=O) groups excluding carboxylic acids is 3. The number of anilines is 2. The van der Waals surface area contributed by atoms with E-state index in [-0.39, 0.29) is 51.3 Å². The lowest BCUT2D eigenvalue weighted by Crippen LogP contribution is -2.42. The zero-order valence-corrected chi connectivity index (χ0v) is 27.9. The molecule has 48 heavy (non-hydrogen) atoms. The molecular weight excluding hydrogens is 731 g/mol. The topological polar surface area (TPSA) is 109 Å². The molecule has 1 aromatic heterocycles. The van der Waals surface area contributed by atoms with E-state index in [4.69, 9.17) is 4.74 Å². The Morgan fingerprint density at radius 2 is 1.69 bits per heavy atom. The summed E-state index contributed by atoms with van der Waals surface area (Å²) in [6.07, 6.45) is -3.77. The summed E-state index contributed by atoms with van der Waals surface area (Å²) in [6.45, 7) is -0.415. The van der Waals surface area contributed by atoms with E-state index in [0.29, 0.717) is 11.4 Å². The van der Waals surface area contributed by atoms with Crippen LogP contribution in [0.4, 0.5) is 24.5 Å². The van der Waals surface area contributed by atoms with Crippen molar-refractivity contribution in [3.05, 3.63) is 103 Å². The third-order valence-corrected chi connectivity index (χ3v) is 13.0. The Morgan fingerprint density at radius 3 is 2.40 bits per heavy atom. The second-order valence-corrected chi connectivity index (χ2v) is 15.6. The average molecular weight is 757 g/mol. The minimum atomic E-state index is -4.53. The second kappa shape index (κ2) is 11.6. The first-order valence-electron chi connectivity index (χ1n) is 15.2. The van der Waals surface area contributed by atoms with Gasteiger partial charge in [0.05, 0.1) is 28.1 Å². The van der Waals surface area contributed by atoms with Crippen LogP contribution in [0, 0.1) is 29.6 Å². The van der Waals surface area contributed by atoms with Crippen molar-refractivity contribution in [3.63, 3.8) is 0 Å². The van der Waals surface area contributed by atoms with Gasteiger partial charge in [0.25, 0.3) is 5.91 Å². The van der Waals surface area contributed by atoms with Crippen LogP contribution in [0.5, 0.6) is 5.75 Å². The van der Waals surface area contributed by atoms with E-state index in [1.807, 2.05) is 24.3 Å². The van der Waals surface area contributed by atoms with Crippen molar-refractivity contribution in [2.75, 3.05) is 16.8 Å². The van der Waals surface area contributed by atoms with Crippen LogP contribution in [-0.2, 0) is 20.6 Å². The van der Waals surface area contributed by atoms with E-state index >= 15 is 0 Å². The lowest BCUT2D eigenvalue weighted by molar-refractivity contribution is -0.137. The fourth-order valence-electron chi connectivity index (χ4n) is 8.13. The standard InChI is InChI=1S/C34H25BrF3N3O5S2/c35-17-6-8-19(9-7-17)41-31(43)26-21-13-22(27(26)32(41)44)28-25(21)24(29-30(47-28)40-33(45)48-29)15-4-10-20(11-5-15)46-14-23(42)39-18-3-1-2-16(12-18)34(36,37)38/h1-12,21-22,24-28H,13-14H2,(H,39,42)(H,40,45)/t21-,22-,24-,25?,26?,27?,28?/m1/s1. The average Bonchev–Trinajstić information content (AvgIpc) is 3.79. The highest BCUT2D eigenvalue weighted by Gasteiger charge is 2.69. The number of amides is 3. The fourth-order valence-corrected chi connectivity index (χ4v) is 11.3. The number of benzene rings is 3. The number of imide groups is 1. The smallest absolute Gasteiger partial charge is 0.416 e. The van der Waals surface area contributed by atoms with E-state index in [2.05, 4.69) is 26.2 Å². The summed E-state index contributed by atoms with van der Waals surface area (Å²) in [5, 5.41) is 3.27. The van der Waals surface area contributed by atoms with Crippen LogP contribution < -0.4 is 19.8 Å². The predicted octanol–water partition coefficient (Wildman–Crippen LogP) is 6.91. The molecule has 8 rings (SSSR count). The molecule has 246 valence electrons. The first kappa shape index (κ1) is 31.4. The molecule has 3 heterocycles. The number of hydrogen-bond donors (Lipinski definition) is 2. The number of aromatic nitrogens is 1. The number of nitrogens with zero attached hydrogens (tertiary/aromatic N) is 1. The maximum Gasteiger partial charge on any atom is 0.416 e. The van der Waals surface area contributed by atoms with Crippen molar-refractivity contribution < 1.29 is 32.3 Å². The van der Waals surface area contributed by atoms with Crippen LogP contribution in [0.2, 0.25) is 0 Å². The summed E-state index contributed by atoms with van der Waals surface area (Å²) in [4.78, 5) is 57.8. The molecule has 4 aromatic rings. The summed E-state index contributed by atoms with van der Waals surface area (Å²) in [6, 6.07) is 18.7. The van der Waals surface area contributed by atoms with Crippen LogP contribution in [0.25, 0.3) is 0 Å². The lowest BCUT2D eigenvalue weighted by atomic mass is 9.68. The van der Waals surface area contributed by atoms with Crippen LogP contribution >= 0.6 is 39.0 Å². The Hall–Kier alpha value is -3.88. The van der Waals surface area contributed by atoms with Crippen molar-refractivity contribution in [3.8, 4) is 5.75 Å². The zero-order chi connectivity index (χ0) is 33.5. The number of halogens is 4. The van der Waals surface area contributed by atoms with Gasteiger partial charge in [-0.3, -0.25) is 24.1 Å². The summed E-state index contributed by atoms with van der Waals surface area (Å²) >= 11 is 6.19. The van der Waals surface area contributed by atoms with Gasteiger partial charge in [-0.15, -0.1) is 11.8 Å². The Balaban J connectivity index is 1.02. The molecule has 1 saturated heterocycles. The lowest BCUT2D eigenvalue weighted by Gasteiger charge is -2.43. The highest BCUT2D eigenvalue weighted by atomic mass is 79.9. The molecule has 2 aliphatic carbocycles. The first-order chi connectivity index (χ1) is 23.0. The molecule has 2 bridgehead atoms. The van der Waals surface area contributed by atoms with Crippen molar-refractivity contribution in [2.45, 2.75) is 28.8 Å². The third kappa shape index (κ3) is 5.19. The largest absolute Gasteiger partial charge is 0.484 e. The summed E-state index contributed by atoms with van der Waals surface area (Å²) in [5.41, 5.74) is 0.632. The van der Waals surface area contributed by atoms with Crippen LogP contribution in [0.3, 0.4) is 0 Å². The molecule has 2 saturated carbocycles. The molecule has 8 nitrogen and oxygen atoms in total. The number of aromatic amines is 1. The molecule has 7 atom stereocenters. The molecule has 0 spiro atoms. The van der Waals surface area contributed by atoms with E-state index in [1.54, 1.807) is 36.0 Å². The highest BCUT2D eigenvalue weighted by Crippen LogP contribution is 2.68. The molecule has 4 unspecified atom stereocenters. The van der Waals surface area contributed by atoms with Gasteiger partial charge in [0.15, 0.2) is 6.61 Å². The summed E-state index contributed by atoms with van der Waals surface area (Å²) in [5.74, 6) is -1.59. The monoisotopic (exact) mass is 755 g/mol. The third-order valence-electron chi connectivity index (χ3n) is 9.89. The molecule has 3 aromatic carbocycles. The van der Waals surface area contributed by atoms with Gasteiger partial charge in [-0.25, -0.2) is 0 Å². The van der Waals surface area contributed by atoms with Gasteiger partial charge < -0.3 is 15.0 Å². The van der Waals surface area contributed by atoms with E-state index in [9.17, 15) is 32.3 Å².